The first-order chi connectivity index (χ1) is 13.5. The molecule has 0 unspecified atom stereocenters. The van der Waals surface area contributed by atoms with E-state index in [-0.39, 0.29) is 16.5 Å². The Bertz CT molecular complexity index is 1060. The molecule has 3 rings (SSSR count). The number of halogens is 1. The fraction of sp³-hybridized carbons (Fsp3) is 0.100. The summed E-state index contributed by atoms with van der Waals surface area (Å²) in [6.07, 6.45) is 4.05. The first-order valence-corrected chi connectivity index (χ1v) is 9.98. The van der Waals surface area contributed by atoms with E-state index in [4.69, 9.17) is 0 Å². The minimum absolute atomic E-state index is 0.0670. The van der Waals surface area contributed by atoms with Gasteiger partial charge >= 0.3 is 0 Å². The molecule has 0 aliphatic rings. The van der Waals surface area contributed by atoms with E-state index in [1.54, 1.807) is 12.4 Å². The van der Waals surface area contributed by atoms with Crippen molar-refractivity contribution in [1.82, 2.24) is 10.3 Å². The van der Waals surface area contributed by atoms with Crippen molar-refractivity contribution >= 4 is 21.6 Å². The molecular weight excluding hydrogens is 381 g/mol. The summed E-state index contributed by atoms with van der Waals surface area (Å²) in [5, 5.41) is 2.77. The number of para-hydroxylation sites is 1. The molecule has 0 atom stereocenters. The predicted molar refractivity (Wildman–Crippen MR) is 104 cm³/mol. The average Bonchev–Trinajstić information content (AvgIpc) is 2.70. The van der Waals surface area contributed by atoms with E-state index >= 15 is 0 Å². The molecule has 0 aliphatic heterocycles. The van der Waals surface area contributed by atoms with Crippen LogP contribution in [0.3, 0.4) is 0 Å². The number of carbonyl (C=O) groups is 1. The molecule has 0 spiro atoms. The molecule has 0 saturated heterocycles. The number of hydrogen-bond donors (Lipinski definition) is 2. The van der Waals surface area contributed by atoms with Gasteiger partial charge in [0.15, 0.2) is 0 Å². The van der Waals surface area contributed by atoms with Crippen LogP contribution < -0.4 is 10.0 Å². The number of pyridine rings is 1. The lowest BCUT2D eigenvalue weighted by molar-refractivity contribution is 0.0954. The van der Waals surface area contributed by atoms with Crippen LogP contribution in [-0.2, 0) is 16.4 Å². The molecule has 2 N–H and O–H groups in total. The number of amides is 1. The largest absolute Gasteiger partial charge is 0.352 e. The van der Waals surface area contributed by atoms with Gasteiger partial charge in [-0.3, -0.25) is 14.5 Å². The number of rotatable bonds is 7. The fourth-order valence-corrected chi connectivity index (χ4v) is 3.57. The lowest BCUT2D eigenvalue weighted by Crippen LogP contribution is -2.25. The van der Waals surface area contributed by atoms with E-state index in [2.05, 4.69) is 15.0 Å². The van der Waals surface area contributed by atoms with Crippen LogP contribution >= 0.6 is 0 Å². The molecule has 0 saturated carbocycles. The van der Waals surface area contributed by atoms with Crippen molar-refractivity contribution in [3.63, 3.8) is 0 Å². The summed E-state index contributed by atoms with van der Waals surface area (Å²) >= 11 is 0. The smallest absolute Gasteiger partial charge is 0.261 e. The molecule has 28 heavy (non-hydrogen) atoms. The monoisotopic (exact) mass is 399 g/mol. The third kappa shape index (κ3) is 4.92. The molecule has 1 heterocycles. The first kappa shape index (κ1) is 19.5. The van der Waals surface area contributed by atoms with Gasteiger partial charge in [-0.05, 0) is 54.4 Å². The minimum Gasteiger partial charge on any atom is -0.352 e. The maximum absolute atomic E-state index is 13.7. The van der Waals surface area contributed by atoms with Crippen molar-refractivity contribution in [3.8, 4) is 0 Å². The Morgan fingerprint density at radius 3 is 2.43 bits per heavy atom. The molecular formula is C20H18FN3O3S. The Hall–Kier alpha value is -3.26. The van der Waals surface area contributed by atoms with E-state index in [1.807, 2.05) is 12.1 Å². The van der Waals surface area contributed by atoms with Crippen molar-refractivity contribution in [3.05, 3.63) is 90.0 Å². The highest BCUT2D eigenvalue weighted by molar-refractivity contribution is 7.92. The second-order valence-corrected chi connectivity index (χ2v) is 7.66. The summed E-state index contributed by atoms with van der Waals surface area (Å²) in [4.78, 5) is 16.1. The predicted octanol–water partition coefficient (Wildman–Crippen LogP) is 2.99. The second kappa shape index (κ2) is 8.62. The summed E-state index contributed by atoms with van der Waals surface area (Å²) in [5.74, 6) is -0.981. The van der Waals surface area contributed by atoms with Crippen LogP contribution in [0.5, 0.6) is 0 Å². The third-order valence-electron chi connectivity index (χ3n) is 3.97. The van der Waals surface area contributed by atoms with Crippen LogP contribution in [0, 0.1) is 5.82 Å². The SMILES string of the molecule is O=C(NCCc1cccnc1)c1ccc(S(=O)(=O)Nc2ccccc2F)cc1. The fourth-order valence-electron chi connectivity index (χ4n) is 2.50. The number of anilines is 1. The van der Waals surface area contributed by atoms with Crippen LogP contribution in [0.4, 0.5) is 10.1 Å². The molecule has 3 aromatic rings. The highest BCUT2D eigenvalue weighted by Gasteiger charge is 2.16. The van der Waals surface area contributed by atoms with Crippen LogP contribution in [0.1, 0.15) is 15.9 Å². The van der Waals surface area contributed by atoms with E-state index in [0.29, 0.717) is 18.5 Å². The van der Waals surface area contributed by atoms with E-state index in [0.717, 1.165) is 11.6 Å². The molecule has 0 aliphatic carbocycles. The van der Waals surface area contributed by atoms with Crippen molar-refractivity contribution in [2.75, 3.05) is 11.3 Å². The quantitative estimate of drug-likeness (QED) is 0.639. The van der Waals surface area contributed by atoms with Gasteiger partial charge in [-0.2, -0.15) is 0 Å². The van der Waals surface area contributed by atoms with Crippen molar-refractivity contribution in [2.45, 2.75) is 11.3 Å². The van der Waals surface area contributed by atoms with Crippen LogP contribution in [0.15, 0.2) is 78.0 Å². The van der Waals surface area contributed by atoms with Crippen LogP contribution in [0.2, 0.25) is 0 Å². The van der Waals surface area contributed by atoms with Gasteiger partial charge in [0.25, 0.3) is 15.9 Å². The molecule has 144 valence electrons. The molecule has 2 aromatic carbocycles. The van der Waals surface area contributed by atoms with Gasteiger partial charge in [0, 0.05) is 24.5 Å². The minimum atomic E-state index is -3.96. The van der Waals surface area contributed by atoms with Gasteiger partial charge in [-0.1, -0.05) is 18.2 Å². The number of nitrogens with zero attached hydrogens (tertiary/aromatic N) is 1. The summed E-state index contributed by atoms with van der Waals surface area (Å²) in [5.41, 5.74) is 1.19. The Morgan fingerprint density at radius 2 is 1.75 bits per heavy atom. The molecule has 0 fully saturated rings. The highest BCUT2D eigenvalue weighted by Crippen LogP contribution is 2.19. The Labute approximate surface area is 162 Å². The first-order valence-electron chi connectivity index (χ1n) is 8.50. The number of carbonyl (C=O) groups excluding carboxylic acids is 1. The average molecular weight is 399 g/mol. The molecule has 1 amide bonds. The highest BCUT2D eigenvalue weighted by atomic mass is 32.2. The molecule has 6 nitrogen and oxygen atoms in total. The van der Waals surface area contributed by atoms with E-state index in [1.165, 1.54) is 42.5 Å². The molecule has 0 radical (unpaired) electrons. The normalized spacial score (nSPS) is 11.0. The summed E-state index contributed by atoms with van der Waals surface area (Å²) in [7, 11) is -3.96. The maximum Gasteiger partial charge on any atom is 0.261 e. The zero-order valence-electron chi connectivity index (χ0n) is 14.8. The number of benzene rings is 2. The summed E-state index contributed by atoms with van der Waals surface area (Å²) in [6.45, 7) is 0.430. The standard InChI is InChI=1S/C20H18FN3O3S/c21-18-5-1-2-6-19(18)24-28(26,27)17-9-7-16(8-10-17)20(25)23-13-11-15-4-3-12-22-14-15/h1-10,12,14,24H,11,13H2,(H,23,25). The Kier molecular flexibility index (Phi) is 6.00. The molecule has 0 bridgehead atoms. The maximum atomic E-state index is 13.7. The van der Waals surface area contributed by atoms with E-state index < -0.39 is 15.8 Å². The second-order valence-electron chi connectivity index (χ2n) is 5.98. The van der Waals surface area contributed by atoms with Gasteiger partial charge in [0.05, 0.1) is 10.6 Å². The number of nitrogens with one attached hydrogen (secondary N) is 2. The number of hydrogen-bond acceptors (Lipinski definition) is 4. The van der Waals surface area contributed by atoms with Crippen LogP contribution in [-0.4, -0.2) is 25.9 Å². The summed E-state index contributed by atoms with van der Waals surface area (Å²) in [6, 6.07) is 14.7. The molecule has 8 heteroatoms. The van der Waals surface area contributed by atoms with Crippen molar-refractivity contribution in [2.24, 2.45) is 0 Å². The lowest BCUT2D eigenvalue weighted by Gasteiger charge is -2.10. The van der Waals surface area contributed by atoms with Crippen molar-refractivity contribution < 1.29 is 17.6 Å². The zero-order chi connectivity index (χ0) is 20.0. The summed E-state index contributed by atoms with van der Waals surface area (Å²) < 4.78 is 40.6. The number of sulfonamides is 1. The van der Waals surface area contributed by atoms with Gasteiger partial charge in [-0.25, -0.2) is 12.8 Å². The van der Waals surface area contributed by atoms with E-state index in [9.17, 15) is 17.6 Å². The Balaban J connectivity index is 1.62. The van der Waals surface area contributed by atoms with Crippen molar-refractivity contribution in [1.29, 1.82) is 0 Å². The van der Waals surface area contributed by atoms with Gasteiger partial charge in [-0.15, -0.1) is 0 Å². The molecule has 1 aromatic heterocycles. The number of aromatic nitrogens is 1. The Morgan fingerprint density at radius 1 is 1.00 bits per heavy atom. The third-order valence-corrected chi connectivity index (χ3v) is 5.35. The van der Waals surface area contributed by atoms with Gasteiger partial charge in [0.2, 0.25) is 0 Å². The zero-order valence-corrected chi connectivity index (χ0v) is 15.6. The van der Waals surface area contributed by atoms with Crippen LogP contribution in [0.25, 0.3) is 0 Å². The van der Waals surface area contributed by atoms with Gasteiger partial charge < -0.3 is 5.32 Å². The van der Waals surface area contributed by atoms with Gasteiger partial charge in [0.1, 0.15) is 5.82 Å². The lowest BCUT2D eigenvalue weighted by atomic mass is 10.2. The topological polar surface area (TPSA) is 88.2 Å².